The Morgan fingerprint density at radius 3 is 2.06 bits per heavy atom. The Bertz CT molecular complexity index is 1100. The molecule has 0 aliphatic heterocycles. The number of nitrogens with zero attached hydrogens (tertiary/aromatic N) is 2. The Labute approximate surface area is 203 Å². The van der Waals surface area contributed by atoms with Crippen molar-refractivity contribution >= 4 is 29.0 Å². The highest BCUT2D eigenvalue weighted by atomic mass is 16.1. The van der Waals surface area contributed by atoms with Crippen molar-refractivity contribution in [3.05, 3.63) is 90.3 Å². The van der Waals surface area contributed by atoms with Gasteiger partial charge in [0.2, 0.25) is 11.9 Å². The Morgan fingerprint density at radius 2 is 1.56 bits per heavy atom. The molecule has 0 saturated heterocycles. The van der Waals surface area contributed by atoms with Gasteiger partial charge in [-0.05, 0) is 51.1 Å². The average Bonchev–Trinajstić information content (AvgIpc) is 2.82. The molecule has 0 radical (unpaired) electrons. The number of aryl methyl sites for hydroxylation is 2. The lowest BCUT2D eigenvalue weighted by Crippen LogP contribution is -2.07. The maximum Gasteiger partial charge on any atom is 0.227 e. The van der Waals surface area contributed by atoms with Gasteiger partial charge in [-0.3, -0.25) is 9.59 Å². The summed E-state index contributed by atoms with van der Waals surface area (Å²) in [4.78, 5) is 30.7. The summed E-state index contributed by atoms with van der Waals surface area (Å²) in [5.41, 5.74) is 4.75. The number of amides is 1. The number of hydrogen-bond donors (Lipinski definition) is 2. The molecule has 0 spiro atoms. The fourth-order valence-electron chi connectivity index (χ4n) is 2.53. The maximum atomic E-state index is 11.3. The fraction of sp³-hybridized carbons (Fsp3) is 0.214. The highest BCUT2D eigenvalue weighted by Gasteiger charge is 2.07. The predicted molar refractivity (Wildman–Crippen MR) is 143 cm³/mol. The molecule has 0 aliphatic carbocycles. The standard InChI is InChI=1S/C15H16N4O2.C9H8.C2H6.C2H4/c1-9-14(10(2)20)8-16-15(17-9)19-13-6-4-5-12(7-13)18-11(3)21;1-3-9-6-4-8(2)5-7-9;2*1-2/h4-8H,1-3H3,(H,18,21)(H,16,17,19);1,4-7H,2H3;1-2H3;1-2H2. The minimum Gasteiger partial charge on any atom is -0.326 e. The van der Waals surface area contributed by atoms with E-state index in [0.29, 0.717) is 22.9 Å². The first-order chi connectivity index (χ1) is 16.3. The van der Waals surface area contributed by atoms with E-state index in [1.54, 1.807) is 19.1 Å². The summed E-state index contributed by atoms with van der Waals surface area (Å²) in [6.45, 7) is 16.7. The van der Waals surface area contributed by atoms with Gasteiger partial charge in [0.05, 0.1) is 11.3 Å². The van der Waals surface area contributed by atoms with Gasteiger partial charge in [-0.25, -0.2) is 9.97 Å². The average molecular weight is 459 g/mol. The molecule has 0 bridgehead atoms. The lowest BCUT2D eigenvalue weighted by molar-refractivity contribution is -0.114. The van der Waals surface area contributed by atoms with E-state index < -0.39 is 0 Å². The van der Waals surface area contributed by atoms with Gasteiger partial charge in [0.25, 0.3) is 0 Å². The van der Waals surface area contributed by atoms with Crippen LogP contribution in [0.1, 0.15) is 54.9 Å². The third-order valence-electron chi connectivity index (χ3n) is 4.02. The molecule has 3 aromatic rings. The number of hydrogen-bond acceptors (Lipinski definition) is 5. The molecule has 2 aromatic carbocycles. The van der Waals surface area contributed by atoms with E-state index in [1.807, 2.05) is 57.2 Å². The molecule has 3 rings (SSSR count). The number of benzene rings is 2. The molecular formula is C28H34N4O2. The summed E-state index contributed by atoms with van der Waals surface area (Å²) in [5.74, 6) is 2.76. The molecule has 2 N–H and O–H groups in total. The lowest BCUT2D eigenvalue weighted by Gasteiger charge is -2.09. The number of carbonyl (C=O) groups is 2. The van der Waals surface area contributed by atoms with Crippen LogP contribution in [0.4, 0.5) is 17.3 Å². The van der Waals surface area contributed by atoms with Crippen molar-refractivity contribution < 1.29 is 9.59 Å². The van der Waals surface area contributed by atoms with E-state index in [0.717, 1.165) is 11.3 Å². The molecule has 0 aliphatic rings. The van der Waals surface area contributed by atoms with Gasteiger partial charge in [-0.1, -0.05) is 43.5 Å². The molecule has 178 valence electrons. The summed E-state index contributed by atoms with van der Waals surface area (Å²) in [7, 11) is 0. The van der Waals surface area contributed by atoms with Crippen LogP contribution >= 0.6 is 0 Å². The Morgan fingerprint density at radius 1 is 0.971 bits per heavy atom. The van der Waals surface area contributed by atoms with E-state index in [4.69, 9.17) is 6.42 Å². The number of nitrogens with one attached hydrogen (secondary N) is 2. The number of aromatic nitrogens is 2. The number of anilines is 3. The van der Waals surface area contributed by atoms with E-state index in [1.165, 1.54) is 25.6 Å². The third-order valence-corrected chi connectivity index (χ3v) is 4.02. The van der Waals surface area contributed by atoms with Crippen LogP contribution in [-0.2, 0) is 4.79 Å². The first-order valence-electron chi connectivity index (χ1n) is 10.8. The minimum atomic E-state index is -0.134. The summed E-state index contributed by atoms with van der Waals surface area (Å²) in [5, 5.41) is 5.74. The molecular weight excluding hydrogens is 424 g/mol. The number of terminal acetylenes is 1. The first-order valence-corrected chi connectivity index (χ1v) is 10.8. The summed E-state index contributed by atoms with van der Waals surface area (Å²) >= 11 is 0. The maximum absolute atomic E-state index is 11.3. The number of Topliss-reactive ketones (excluding diaryl/α,β-unsaturated/α-hetero) is 1. The smallest absolute Gasteiger partial charge is 0.227 e. The monoisotopic (exact) mass is 458 g/mol. The molecule has 0 saturated carbocycles. The highest BCUT2D eigenvalue weighted by Crippen LogP contribution is 2.18. The largest absolute Gasteiger partial charge is 0.326 e. The minimum absolute atomic E-state index is 0.0632. The summed E-state index contributed by atoms with van der Waals surface area (Å²) in [6, 6.07) is 15.1. The fourth-order valence-corrected chi connectivity index (χ4v) is 2.53. The zero-order valence-corrected chi connectivity index (χ0v) is 20.9. The van der Waals surface area contributed by atoms with Crippen molar-refractivity contribution in [2.75, 3.05) is 10.6 Å². The van der Waals surface area contributed by atoms with Crippen LogP contribution in [0.25, 0.3) is 0 Å². The number of rotatable bonds is 4. The zero-order chi connectivity index (χ0) is 26.1. The van der Waals surface area contributed by atoms with E-state index in [2.05, 4.69) is 39.7 Å². The van der Waals surface area contributed by atoms with Gasteiger partial charge in [-0.2, -0.15) is 0 Å². The van der Waals surface area contributed by atoms with Crippen LogP contribution < -0.4 is 10.6 Å². The molecule has 1 aromatic heterocycles. The SMILES string of the molecule is C#Cc1ccc(C)cc1.C=C.CC.CC(=O)Nc1cccc(Nc2ncc(C(C)=O)c(C)n2)c1. The van der Waals surface area contributed by atoms with Crippen molar-refractivity contribution in [1.29, 1.82) is 0 Å². The predicted octanol–water partition coefficient (Wildman–Crippen LogP) is 6.49. The van der Waals surface area contributed by atoms with Crippen molar-refractivity contribution in [2.45, 2.75) is 41.5 Å². The normalized spacial score (nSPS) is 8.74. The molecule has 0 fully saturated rings. The highest BCUT2D eigenvalue weighted by molar-refractivity contribution is 5.94. The number of ketones is 1. The van der Waals surface area contributed by atoms with Crippen LogP contribution in [0.3, 0.4) is 0 Å². The van der Waals surface area contributed by atoms with Crippen LogP contribution in [0, 0.1) is 26.2 Å². The molecule has 0 atom stereocenters. The second-order valence-electron chi connectivity index (χ2n) is 6.65. The van der Waals surface area contributed by atoms with Crippen LogP contribution in [0.5, 0.6) is 0 Å². The summed E-state index contributed by atoms with van der Waals surface area (Å²) < 4.78 is 0. The Hall–Kier alpha value is -4.24. The number of carbonyl (C=O) groups excluding carboxylic acids is 2. The molecule has 6 nitrogen and oxygen atoms in total. The molecule has 6 heteroatoms. The van der Waals surface area contributed by atoms with Gasteiger partial charge < -0.3 is 10.6 Å². The topological polar surface area (TPSA) is 84.0 Å². The van der Waals surface area contributed by atoms with E-state index in [9.17, 15) is 9.59 Å². The second kappa shape index (κ2) is 16.4. The summed E-state index contributed by atoms with van der Waals surface area (Å²) in [6.07, 6.45) is 6.65. The van der Waals surface area contributed by atoms with Crippen LogP contribution in [-0.4, -0.2) is 21.7 Å². The Balaban J connectivity index is 0.000000698. The van der Waals surface area contributed by atoms with E-state index >= 15 is 0 Å². The zero-order valence-electron chi connectivity index (χ0n) is 20.9. The third kappa shape index (κ3) is 10.9. The van der Waals surface area contributed by atoms with Crippen LogP contribution in [0.15, 0.2) is 67.9 Å². The second-order valence-corrected chi connectivity index (χ2v) is 6.65. The Kier molecular flexibility index (Phi) is 14.4. The molecule has 1 heterocycles. The lowest BCUT2D eigenvalue weighted by atomic mass is 10.2. The van der Waals surface area contributed by atoms with Gasteiger partial charge in [-0.15, -0.1) is 19.6 Å². The van der Waals surface area contributed by atoms with Crippen molar-refractivity contribution in [3.8, 4) is 12.3 Å². The first kappa shape index (κ1) is 29.8. The molecule has 1 amide bonds. The van der Waals surface area contributed by atoms with Gasteiger partial charge >= 0.3 is 0 Å². The van der Waals surface area contributed by atoms with Crippen molar-refractivity contribution in [2.24, 2.45) is 0 Å². The van der Waals surface area contributed by atoms with Crippen molar-refractivity contribution in [1.82, 2.24) is 9.97 Å². The quantitative estimate of drug-likeness (QED) is 0.265. The van der Waals surface area contributed by atoms with Gasteiger partial charge in [0.1, 0.15) is 0 Å². The van der Waals surface area contributed by atoms with Gasteiger partial charge in [0, 0.05) is 30.1 Å². The van der Waals surface area contributed by atoms with Crippen LogP contribution in [0.2, 0.25) is 0 Å². The van der Waals surface area contributed by atoms with Gasteiger partial charge in [0.15, 0.2) is 5.78 Å². The molecule has 34 heavy (non-hydrogen) atoms. The van der Waals surface area contributed by atoms with Crippen molar-refractivity contribution in [3.63, 3.8) is 0 Å². The van der Waals surface area contributed by atoms with E-state index in [-0.39, 0.29) is 11.7 Å². The molecule has 0 unspecified atom stereocenters.